The van der Waals surface area contributed by atoms with E-state index in [1.807, 2.05) is 24.3 Å². The molecule has 2 rings (SSSR count). The Kier molecular flexibility index (Phi) is 4.77. The van der Waals surface area contributed by atoms with Crippen molar-refractivity contribution in [2.24, 2.45) is 7.05 Å². The molecule has 1 heterocycles. The number of carbonyl (C=O) groups excluding carboxylic acids is 2. The van der Waals surface area contributed by atoms with Crippen molar-refractivity contribution in [3.8, 4) is 0 Å². The molecule has 5 heteroatoms. The average Bonchev–Trinajstić information content (AvgIpc) is 2.92. The number of aryl methyl sites for hydroxylation is 2. The Morgan fingerprint density at radius 2 is 1.90 bits per heavy atom. The average molecular weight is 286 g/mol. The van der Waals surface area contributed by atoms with Gasteiger partial charge in [0.2, 0.25) is 0 Å². The van der Waals surface area contributed by atoms with E-state index in [-0.39, 0.29) is 12.5 Å². The van der Waals surface area contributed by atoms with E-state index >= 15 is 0 Å². The van der Waals surface area contributed by atoms with Gasteiger partial charge in [-0.1, -0.05) is 19.1 Å². The summed E-state index contributed by atoms with van der Waals surface area (Å²) in [5.41, 5.74) is 2.30. The van der Waals surface area contributed by atoms with Gasteiger partial charge >= 0.3 is 5.97 Å². The van der Waals surface area contributed by atoms with E-state index in [4.69, 9.17) is 4.74 Å². The van der Waals surface area contributed by atoms with Gasteiger partial charge in [0, 0.05) is 18.9 Å². The van der Waals surface area contributed by atoms with Gasteiger partial charge in [-0.3, -0.25) is 4.79 Å². The summed E-state index contributed by atoms with van der Waals surface area (Å²) in [5, 5.41) is 2.69. The Morgan fingerprint density at radius 3 is 2.48 bits per heavy atom. The second kappa shape index (κ2) is 6.74. The van der Waals surface area contributed by atoms with Crippen LogP contribution in [-0.4, -0.2) is 23.1 Å². The molecular formula is C16H18N2O3. The van der Waals surface area contributed by atoms with Crippen molar-refractivity contribution in [1.29, 1.82) is 0 Å². The van der Waals surface area contributed by atoms with Gasteiger partial charge in [0.1, 0.15) is 5.69 Å². The molecule has 0 radical (unpaired) electrons. The molecule has 0 fully saturated rings. The van der Waals surface area contributed by atoms with Crippen LogP contribution in [0.15, 0.2) is 42.6 Å². The van der Waals surface area contributed by atoms with Gasteiger partial charge in [-0.25, -0.2) is 4.79 Å². The lowest BCUT2D eigenvalue weighted by Gasteiger charge is -2.07. The van der Waals surface area contributed by atoms with Crippen LogP contribution >= 0.6 is 0 Å². The number of ether oxygens (including phenoxy) is 1. The zero-order valence-corrected chi connectivity index (χ0v) is 12.1. The number of amides is 1. The first-order valence-corrected chi connectivity index (χ1v) is 6.77. The van der Waals surface area contributed by atoms with Crippen molar-refractivity contribution in [1.82, 2.24) is 4.57 Å². The quantitative estimate of drug-likeness (QED) is 0.858. The molecule has 0 aliphatic carbocycles. The number of hydrogen-bond donors (Lipinski definition) is 1. The number of aromatic nitrogens is 1. The van der Waals surface area contributed by atoms with Crippen molar-refractivity contribution < 1.29 is 14.3 Å². The van der Waals surface area contributed by atoms with Crippen molar-refractivity contribution in [2.45, 2.75) is 13.3 Å². The first-order chi connectivity index (χ1) is 10.1. The lowest BCUT2D eigenvalue weighted by Crippen LogP contribution is -2.21. The third-order valence-electron chi connectivity index (χ3n) is 3.13. The molecule has 0 unspecified atom stereocenters. The second-order valence-corrected chi connectivity index (χ2v) is 4.68. The van der Waals surface area contributed by atoms with Gasteiger partial charge < -0.3 is 14.6 Å². The minimum atomic E-state index is -0.515. The first-order valence-electron chi connectivity index (χ1n) is 6.77. The van der Waals surface area contributed by atoms with Crippen molar-refractivity contribution >= 4 is 17.6 Å². The van der Waals surface area contributed by atoms with Crippen LogP contribution in [0.1, 0.15) is 23.0 Å². The summed E-state index contributed by atoms with van der Waals surface area (Å²) in [4.78, 5) is 23.5. The lowest BCUT2D eigenvalue weighted by molar-refractivity contribution is -0.119. The Morgan fingerprint density at radius 1 is 1.19 bits per heavy atom. The van der Waals surface area contributed by atoms with E-state index in [2.05, 4.69) is 12.2 Å². The van der Waals surface area contributed by atoms with Crippen LogP contribution in [-0.2, 0) is 23.0 Å². The minimum Gasteiger partial charge on any atom is -0.451 e. The van der Waals surface area contributed by atoms with Gasteiger partial charge in [-0.15, -0.1) is 0 Å². The van der Waals surface area contributed by atoms with Crippen LogP contribution < -0.4 is 5.32 Å². The molecule has 0 atom stereocenters. The topological polar surface area (TPSA) is 60.3 Å². The molecule has 0 saturated heterocycles. The molecule has 1 N–H and O–H groups in total. The number of benzene rings is 1. The summed E-state index contributed by atoms with van der Waals surface area (Å²) in [5.74, 6) is -0.874. The molecule has 110 valence electrons. The van der Waals surface area contributed by atoms with E-state index in [1.54, 1.807) is 29.9 Å². The van der Waals surface area contributed by atoms with Crippen LogP contribution in [0.5, 0.6) is 0 Å². The largest absolute Gasteiger partial charge is 0.451 e. The summed E-state index contributed by atoms with van der Waals surface area (Å²) in [6, 6.07) is 10.9. The maximum atomic E-state index is 11.7. The summed E-state index contributed by atoms with van der Waals surface area (Å²) in [6.45, 7) is 1.76. The number of hydrogen-bond acceptors (Lipinski definition) is 3. The fourth-order valence-electron chi connectivity index (χ4n) is 1.90. The van der Waals surface area contributed by atoms with Crippen LogP contribution in [0, 0.1) is 0 Å². The van der Waals surface area contributed by atoms with Gasteiger partial charge in [0.05, 0.1) is 0 Å². The van der Waals surface area contributed by atoms with Crippen LogP contribution in [0.2, 0.25) is 0 Å². The molecule has 0 aliphatic rings. The highest BCUT2D eigenvalue weighted by atomic mass is 16.5. The maximum Gasteiger partial charge on any atom is 0.355 e. The van der Waals surface area contributed by atoms with Gasteiger partial charge in [-0.05, 0) is 36.2 Å². The second-order valence-electron chi connectivity index (χ2n) is 4.68. The van der Waals surface area contributed by atoms with E-state index < -0.39 is 5.97 Å². The first kappa shape index (κ1) is 14.8. The molecule has 2 aromatic rings. The Balaban J connectivity index is 1.84. The summed E-state index contributed by atoms with van der Waals surface area (Å²) < 4.78 is 6.62. The highest BCUT2D eigenvalue weighted by molar-refractivity contribution is 5.94. The van der Waals surface area contributed by atoms with E-state index in [0.717, 1.165) is 6.42 Å². The highest BCUT2D eigenvalue weighted by Crippen LogP contribution is 2.10. The molecule has 0 spiro atoms. The molecule has 21 heavy (non-hydrogen) atoms. The van der Waals surface area contributed by atoms with E-state index in [1.165, 1.54) is 5.56 Å². The van der Waals surface area contributed by atoms with Crippen molar-refractivity contribution in [2.75, 3.05) is 11.9 Å². The third-order valence-corrected chi connectivity index (χ3v) is 3.13. The molecule has 1 amide bonds. The molecule has 0 saturated carbocycles. The Labute approximate surface area is 123 Å². The van der Waals surface area contributed by atoms with Crippen molar-refractivity contribution in [3.63, 3.8) is 0 Å². The minimum absolute atomic E-state index is 0.306. The van der Waals surface area contributed by atoms with Crippen LogP contribution in [0.3, 0.4) is 0 Å². The fourth-order valence-corrected chi connectivity index (χ4v) is 1.90. The van der Waals surface area contributed by atoms with E-state index in [0.29, 0.717) is 11.4 Å². The SMILES string of the molecule is CCc1ccc(NC(=O)COC(=O)c2cccn2C)cc1. The summed E-state index contributed by atoms with van der Waals surface area (Å²) in [6.07, 6.45) is 2.69. The predicted molar refractivity (Wildman–Crippen MR) is 80.1 cm³/mol. The molecule has 1 aromatic heterocycles. The fraction of sp³-hybridized carbons (Fsp3) is 0.250. The number of rotatable bonds is 5. The number of anilines is 1. The zero-order chi connectivity index (χ0) is 15.2. The number of esters is 1. The van der Waals surface area contributed by atoms with Gasteiger partial charge in [-0.2, -0.15) is 0 Å². The smallest absolute Gasteiger partial charge is 0.355 e. The Bertz CT molecular complexity index is 629. The van der Waals surface area contributed by atoms with E-state index in [9.17, 15) is 9.59 Å². The maximum absolute atomic E-state index is 11.7. The zero-order valence-electron chi connectivity index (χ0n) is 12.1. The number of nitrogens with one attached hydrogen (secondary N) is 1. The van der Waals surface area contributed by atoms with Gasteiger partial charge in [0.15, 0.2) is 6.61 Å². The molecular weight excluding hydrogens is 268 g/mol. The normalized spacial score (nSPS) is 10.2. The Hall–Kier alpha value is -2.56. The number of nitrogens with zero attached hydrogens (tertiary/aromatic N) is 1. The molecule has 1 aromatic carbocycles. The highest BCUT2D eigenvalue weighted by Gasteiger charge is 2.12. The summed E-state index contributed by atoms with van der Waals surface area (Å²) in [7, 11) is 1.74. The standard InChI is InChI=1S/C16H18N2O3/c1-3-12-6-8-13(9-7-12)17-15(19)11-21-16(20)14-5-4-10-18(14)2/h4-10H,3,11H2,1-2H3,(H,17,19). The molecule has 0 bridgehead atoms. The predicted octanol–water partition coefficient (Wildman–Crippen LogP) is 2.38. The summed E-state index contributed by atoms with van der Waals surface area (Å²) >= 11 is 0. The van der Waals surface area contributed by atoms with Crippen LogP contribution in [0.25, 0.3) is 0 Å². The third kappa shape index (κ3) is 3.95. The van der Waals surface area contributed by atoms with Crippen LogP contribution in [0.4, 0.5) is 5.69 Å². The lowest BCUT2D eigenvalue weighted by atomic mass is 10.1. The molecule has 0 aliphatic heterocycles. The molecule has 5 nitrogen and oxygen atoms in total. The van der Waals surface area contributed by atoms with Gasteiger partial charge in [0.25, 0.3) is 5.91 Å². The van der Waals surface area contributed by atoms with Crippen molar-refractivity contribution in [3.05, 3.63) is 53.9 Å². The monoisotopic (exact) mass is 286 g/mol. The number of carbonyl (C=O) groups is 2.